The molecule has 0 amide bonds. The van der Waals surface area contributed by atoms with E-state index in [0.717, 1.165) is 5.56 Å². The summed E-state index contributed by atoms with van der Waals surface area (Å²) in [6.45, 7) is -0.323. The standard InChI is InChI=1S/C18H16N2O5/c1-22-14-7-9-15(10-8-14)23-12-17(21)24-11-16-19-20-18(25-16)13-5-3-2-4-6-13/h2-10H,11-12H2,1H3. The maximum atomic E-state index is 11.7. The lowest BCUT2D eigenvalue weighted by molar-refractivity contribution is -0.148. The quantitative estimate of drug-likeness (QED) is 0.611. The minimum Gasteiger partial charge on any atom is -0.497 e. The lowest BCUT2D eigenvalue weighted by Gasteiger charge is -2.06. The van der Waals surface area contributed by atoms with Gasteiger partial charge in [0.25, 0.3) is 5.89 Å². The predicted molar refractivity (Wildman–Crippen MR) is 88.0 cm³/mol. The Morgan fingerprint density at radius 2 is 1.72 bits per heavy atom. The molecule has 0 atom stereocenters. The summed E-state index contributed by atoms with van der Waals surface area (Å²) in [5.41, 5.74) is 0.801. The van der Waals surface area contributed by atoms with E-state index in [-0.39, 0.29) is 19.1 Å². The average Bonchev–Trinajstić information content (AvgIpc) is 3.15. The molecule has 0 bridgehead atoms. The van der Waals surface area contributed by atoms with Gasteiger partial charge in [0.15, 0.2) is 13.2 Å². The molecule has 0 spiro atoms. The molecule has 0 aliphatic rings. The van der Waals surface area contributed by atoms with Gasteiger partial charge in [-0.05, 0) is 36.4 Å². The van der Waals surface area contributed by atoms with Gasteiger partial charge in [-0.15, -0.1) is 10.2 Å². The summed E-state index contributed by atoms with van der Waals surface area (Å²) in [6.07, 6.45) is 0. The maximum absolute atomic E-state index is 11.7. The van der Waals surface area contributed by atoms with E-state index >= 15 is 0 Å². The van der Waals surface area contributed by atoms with Gasteiger partial charge < -0.3 is 18.6 Å². The second-order valence-corrected chi connectivity index (χ2v) is 4.99. The molecule has 128 valence electrons. The van der Waals surface area contributed by atoms with Crippen LogP contribution in [0.2, 0.25) is 0 Å². The molecule has 0 aliphatic carbocycles. The molecule has 1 aromatic heterocycles. The van der Waals surface area contributed by atoms with Crippen LogP contribution in [0.3, 0.4) is 0 Å². The van der Waals surface area contributed by atoms with Crippen molar-refractivity contribution in [3.63, 3.8) is 0 Å². The topological polar surface area (TPSA) is 83.7 Å². The Kier molecular flexibility index (Phi) is 5.26. The minimum atomic E-state index is -0.532. The Hall–Kier alpha value is -3.35. The third kappa shape index (κ3) is 4.57. The van der Waals surface area contributed by atoms with E-state index in [1.54, 1.807) is 31.4 Å². The van der Waals surface area contributed by atoms with Crippen LogP contribution in [-0.2, 0) is 16.1 Å². The summed E-state index contributed by atoms with van der Waals surface area (Å²) in [7, 11) is 1.58. The van der Waals surface area contributed by atoms with Gasteiger partial charge >= 0.3 is 5.97 Å². The van der Waals surface area contributed by atoms with Crippen LogP contribution in [0.1, 0.15) is 5.89 Å². The first-order valence-corrected chi connectivity index (χ1v) is 7.55. The summed E-state index contributed by atoms with van der Waals surface area (Å²) >= 11 is 0. The lowest BCUT2D eigenvalue weighted by atomic mass is 10.2. The van der Waals surface area contributed by atoms with Crippen molar-refractivity contribution in [1.82, 2.24) is 10.2 Å². The zero-order chi connectivity index (χ0) is 17.5. The first kappa shape index (κ1) is 16.5. The van der Waals surface area contributed by atoms with E-state index in [2.05, 4.69) is 10.2 Å². The molecular weight excluding hydrogens is 324 g/mol. The molecule has 0 saturated heterocycles. The van der Waals surface area contributed by atoms with Gasteiger partial charge in [0.1, 0.15) is 11.5 Å². The van der Waals surface area contributed by atoms with E-state index in [0.29, 0.717) is 17.4 Å². The van der Waals surface area contributed by atoms with Crippen molar-refractivity contribution in [2.45, 2.75) is 6.61 Å². The molecule has 7 nitrogen and oxygen atoms in total. The van der Waals surface area contributed by atoms with Crippen molar-refractivity contribution in [3.05, 3.63) is 60.5 Å². The van der Waals surface area contributed by atoms with Crippen LogP contribution in [0.4, 0.5) is 0 Å². The highest BCUT2D eigenvalue weighted by molar-refractivity contribution is 5.71. The molecule has 0 N–H and O–H groups in total. The SMILES string of the molecule is COc1ccc(OCC(=O)OCc2nnc(-c3ccccc3)o2)cc1. The van der Waals surface area contributed by atoms with Gasteiger partial charge in [0.2, 0.25) is 5.89 Å². The van der Waals surface area contributed by atoms with Crippen molar-refractivity contribution >= 4 is 5.97 Å². The number of esters is 1. The Balaban J connectivity index is 1.46. The van der Waals surface area contributed by atoms with Crippen LogP contribution < -0.4 is 9.47 Å². The van der Waals surface area contributed by atoms with Gasteiger partial charge in [-0.3, -0.25) is 0 Å². The van der Waals surface area contributed by atoms with E-state index < -0.39 is 5.97 Å². The Bertz CT molecular complexity index is 815. The highest BCUT2D eigenvalue weighted by Gasteiger charge is 2.11. The van der Waals surface area contributed by atoms with Gasteiger partial charge in [-0.2, -0.15) is 0 Å². The van der Waals surface area contributed by atoms with E-state index in [1.165, 1.54) is 0 Å². The monoisotopic (exact) mass is 340 g/mol. The second kappa shape index (κ2) is 7.96. The largest absolute Gasteiger partial charge is 0.497 e. The summed E-state index contributed by atoms with van der Waals surface area (Å²) < 4.78 is 20.9. The van der Waals surface area contributed by atoms with E-state index in [9.17, 15) is 4.79 Å². The highest BCUT2D eigenvalue weighted by Crippen LogP contribution is 2.18. The van der Waals surface area contributed by atoms with Crippen molar-refractivity contribution in [1.29, 1.82) is 0 Å². The summed E-state index contributed by atoms with van der Waals surface area (Å²) in [4.78, 5) is 11.7. The molecule has 3 aromatic rings. The molecule has 0 unspecified atom stereocenters. The van der Waals surface area contributed by atoms with Crippen molar-refractivity contribution < 1.29 is 23.4 Å². The first-order chi connectivity index (χ1) is 12.2. The molecule has 0 aliphatic heterocycles. The highest BCUT2D eigenvalue weighted by atomic mass is 16.6. The number of methoxy groups -OCH3 is 1. The Morgan fingerprint density at radius 3 is 2.44 bits per heavy atom. The zero-order valence-corrected chi connectivity index (χ0v) is 13.5. The number of carbonyl (C=O) groups is 1. The van der Waals surface area contributed by atoms with Crippen LogP contribution in [0, 0.1) is 0 Å². The molecule has 25 heavy (non-hydrogen) atoms. The first-order valence-electron chi connectivity index (χ1n) is 7.55. The molecule has 1 heterocycles. The minimum absolute atomic E-state index is 0.107. The van der Waals surface area contributed by atoms with Crippen LogP contribution in [0.25, 0.3) is 11.5 Å². The van der Waals surface area contributed by atoms with Crippen LogP contribution in [0.5, 0.6) is 11.5 Å². The fourth-order valence-electron chi connectivity index (χ4n) is 2.01. The number of rotatable bonds is 7. The number of benzene rings is 2. The molecule has 0 radical (unpaired) electrons. The van der Waals surface area contributed by atoms with Crippen LogP contribution >= 0.6 is 0 Å². The lowest BCUT2D eigenvalue weighted by Crippen LogP contribution is -2.14. The summed E-state index contributed by atoms with van der Waals surface area (Å²) in [6, 6.07) is 16.2. The Labute approximate surface area is 144 Å². The van der Waals surface area contributed by atoms with Crippen molar-refractivity contribution in [3.8, 4) is 23.0 Å². The molecule has 3 rings (SSSR count). The number of aromatic nitrogens is 2. The third-order valence-electron chi connectivity index (χ3n) is 3.26. The number of ether oxygens (including phenoxy) is 3. The van der Waals surface area contributed by atoms with E-state index in [4.69, 9.17) is 18.6 Å². The normalized spacial score (nSPS) is 10.3. The smallest absolute Gasteiger partial charge is 0.344 e. The van der Waals surface area contributed by atoms with Crippen molar-refractivity contribution in [2.24, 2.45) is 0 Å². The maximum Gasteiger partial charge on any atom is 0.344 e. The average molecular weight is 340 g/mol. The third-order valence-corrected chi connectivity index (χ3v) is 3.26. The van der Waals surface area contributed by atoms with E-state index in [1.807, 2.05) is 30.3 Å². The number of hydrogen-bond acceptors (Lipinski definition) is 7. The van der Waals surface area contributed by atoms with Gasteiger partial charge in [-0.1, -0.05) is 18.2 Å². The number of hydrogen-bond donors (Lipinski definition) is 0. The molecular formula is C18H16N2O5. The second-order valence-electron chi connectivity index (χ2n) is 4.99. The van der Waals surface area contributed by atoms with Crippen molar-refractivity contribution in [2.75, 3.05) is 13.7 Å². The van der Waals surface area contributed by atoms with Gasteiger partial charge in [0, 0.05) is 5.56 Å². The molecule has 2 aromatic carbocycles. The predicted octanol–water partition coefficient (Wildman–Crippen LogP) is 2.87. The fourth-order valence-corrected chi connectivity index (χ4v) is 2.01. The van der Waals surface area contributed by atoms with Crippen LogP contribution in [0.15, 0.2) is 59.0 Å². The fraction of sp³-hybridized carbons (Fsp3) is 0.167. The number of carbonyl (C=O) groups excluding carboxylic acids is 1. The molecule has 0 fully saturated rings. The van der Waals surface area contributed by atoms with Crippen LogP contribution in [-0.4, -0.2) is 29.9 Å². The summed E-state index contributed by atoms with van der Waals surface area (Å²) in [5.74, 6) is 1.32. The summed E-state index contributed by atoms with van der Waals surface area (Å²) in [5, 5.41) is 7.78. The molecule has 7 heteroatoms. The number of nitrogens with zero attached hydrogens (tertiary/aromatic N) is 2. The zero-order valence-electron chi connectivity index (χ0n) is 13.5. The molecule has 0 saturated carbocycles. The Morgan fingerprint density at radius 1 is 1.00 bits per heavy atom. The van der Waals surface area contributed by atoms with Gasteiger partial charge in [-0.25, -0.2) is 4.79 Å². The van der Waals surface area contributed by atoms with Gasteiger partial charge in [0.05, 0.1) is 7.11 Å².